The van der Waals surface area contributed by atoms with Crippen molar-refractivity contribution in [1.82, 2.24) is 5.32 Å². The summed E-state index contributed by atoms with van der Waals surface area (Å²) in [6.45, 7) is 10.6. The number of nitrogens with zero attached hydrogens (tertiary/aromatic N) is 1. The Kier molecular flexibility index (Phi) is 20.8. The lowest BCUT2D eigenvalue weighted by molar-refractivity contribution is -0.119. The van der Waals surface area contributed by atoms with Crippen LogP contribution >= 0.6 is 23.2 Å². The van der Waals surface area contributed by atoms with Gasteiger partial charge in [0.25, 0.3) is 0 Å². The molecule has 1 fully saturated rings. The summed E-state index contributed by atoms with van der Waals surface area (Å²) < 4.78 is 63.3. The first-order valence-electron chi connectivity index (χ1n) is 20.6. The average molecular weight is 933 g/mol. The van der Waals surface area contributed by atoms with Crippen LogP contribution in [0.4, 0.5) is 14.9 Å². The van der Waals surface area contributed by atoms with Gasteiger partial charge in [-0.15, -0.1) is 0 Å². The molecule has 2 N–H and O–H groups in total. The molecule has 0 aromatic heterocycles. The number of hydrogen-bond donors (Lipinski definition) is 2. The van der Waals surface area contributed by atoms with Crippen LogP contribution < -0.4 is 15.4 Å². The van der Waals surface area contributed by atoms with Crippen molar-refractivity contribution in [3.8, 4) is 23.7 Å². The zero-order chi connectivity index (χ0) is 46.7. The number of benzene rings is 2. The van der Waals surface area contributed by atoms with Gasteiger partial charge in [-0.25, -0.2) is 14.0 Å². The van der Waals surface area contributed by atoms with E-state index in [4.69, 9.17) is 65.8 Å². The van der Waals surface area contributed by atoms with Crippen LogP contribution in [0.2, 0.25) is 5.02 Å². The van der Waals surface area contributed by atoms with Gasteiger partial charge in [-0.05, 0) is 48.2 Å². The second-order valence-electron chi connectivity index (χ2n) is 15.8. The third-order valence-electron chi connectivity index (χ3n) is 10.0. The Morgan fingerprint density at radius 2 is 1.56 bits per heavy atom. The van der Waals surface area contributed by atoms with Gasteiger partial charge in [-0.3, -0.25) is 4.79 Å². The standard InChI is InChI=1S/C46H56Cl2FN3O12/c1-30(64-44(55)62-25-24-61-23-22-60-21-20-59-19-18-58-17-16-56-5)63-43(54)32-11-15-37(38(26-32)57-6)51-42(53)41-40(31-8-7-9-33(47)12-10-31)46(29-50,39(52-41)28-45(2,3)4)35-14-13-34(48)27-36(35)49/h7-9,11,13-15,26-27,30-31,39-41,52H,16-25,28H2,1-6H3,(H,51,53)/t30?,31?,39?,40?,41-,46+/m1/s1. The Morgan fingerprint density at radius 1 is 0.922 bits per heavy atom. The van der Waals surface area contributed by atoms with Crippen molar-refractivity contribution in [3.63, 3.8) is 0 Å². The number of carbonyl (C=O) groups is 3. The summed E-state index contributed by atoms with van der Waals surface area (Å²) in [6.07, 6.45) is 3.00. The molecule has 2 aromatic carbocycles. The fourth-order valence-electron chi connectivity index (χ4n) is 7.26. The van der Waals surface area contributed by atoms with Crippen molar-refractivity contribution < 1.29 is 61.4 Å². The number of hydrogen-bond acceptors (Lipinski definition) is 14. The van der Waals surface area contributed by atoms with E-state index in [1.165, 1.54) is 44.4 Å². The molecule has 0 spiro atoms. The summed E-state index contributed by atoms with van der Waals surface area (Å²) >= 11 is 12.4. The number of esters is 1. The Morgan fingerprint density at radius 3 is 2.16 bits per heavy atom. The van der Waals surface area contributed by atoms with E-state index in [9.17, 15) is 19.6 Å². The Balaban J connectivity index is 1.36. The minimum Gasteiger partial charge on any atom is -0.495 e. The Hall–Kier alpha value is -4.75. The fourth-order valence-corrected chi connectivity index (χ4v) is 7.54. The Bertz CT molecular complexity index is 2060. The third-order valence-corrected chi connectivity index (χ3v) is 10.5. The van der Waals surface area contributed by atoms with Crippen molar-refractivity contribution in [1.29, 1.82) is 5.26 Å². The lowest BCUT2D eigenvalue weighted by Gasteiger charge is -2.38. The van der Waals surface area contributed by atoms with E-state index in [2.05, 4.69) is 28.5 Å². The first kappa shape index (κ1) is 51.9. The quantitative estimate of drug-likeness (QED) is 0.0477. The van der Waals surface area contributed by atoms with Crippen molar-refractivity contribution in [2.75, 3.05) is 85.6 Å². The predicted molar refractivity (Wildman–Crippen MR) is 235 cm³/mol. The summed E-state index contributed by atoms with van der Waals surface area (Å²) in [7, 11) is 2.96. The number of nitriles is 1. The summed E-state index contributed by atoms with van der Waals surface area (Å²) in [6, 6.07) is 8.94. The van der Waals surface area contributed by atoms with Gasteiger partial charge < -0.3 is 53.3 Å². The molecular formula is C46H56Cl2FN3O12. The maximum Gasteiger partial charge on any atom is 0.511 e. The van der Waals surface area contributed by atoms with Crippen molar-refractivity contribution in [2.45, 2.75) is 57.9 Å². The van der Waals surface area contributed by atoms with E-state index in [0.717, 1.165) is 6.07 Å². The normalized spacial score (nSPS) is 20.8. The van der Waals surface area contributed by atoms with Crippen molar-refractivity contribution in [2.24, 2.45) is 17.3 Å². The van der Waals surface area contributed by atoms with Gasteiger partial charge in [0.2, 0.25) is 12.2 Å². The number of halogens is 3. The number of carbonyl (C=O) groups excluding carboxylic acids is 3. The summed E-state index contributed by atoms with van der Waals surface area (Å²) in [4.78, 5) is 39.8. The van der Waals surface area contributed by atoms with Crippen LogP contribution in [-0.4, -0.2) is 117 Å². The molecule has 4 rings (SSSR count). The van der Waals surface area contributed by atoms with Crippen LogP contribution in [0.5, 0.6) is 5.75 Å². The lowest BCUT2D eigenvalue weighted by atomic mass is 9.61. The number of rotatable bonds is 24. The van der Waals surface area contributed by atoms with Crippen LogP contribution in [0.1, 0.15) is 50.0 Å². The van der Waals surface area contributed by atoms with E-state index in [1.54, 1.807) is 25.3 Å². The molecule has 1 saturated heterocycles. The monoisotopic (exact) mass is 931 g/mol. The second-order valence-corrected chi connectivity index (χ2v) is 16.7. The van der Waals surface area contributed by atoms with E-state index < -0.39 is 59.5 Å². The molecule has 348 valence electrons. The molecular weight excluding hydrogens is 876 g/mol. The highest BCUT2D eigenvalue weighted by molar-refractivity contribution is 6.32. The number of allylic oxidation sites excluding steroid dienone is 4. The van der Waals surface area contributed by atoms with E-state index >= 15 is 4.39 Å². The topological polar surface area (TPSA) is 182 Å². The number of methoxy groups -OCH3 is 2. The summed E-state index contributed by atoms with van der Waals surface area (Å²) in [5, 5.41) is 17.9. The number of nitrogens with one attached hydrogen (secondary N) is 2. The first-order valence-corrected chi connectivity index (χ1v) is 21.4. The number of anilines is 1. The molecule has 1 heterocycles. The van der Waals surface area contributed by atoms with Crippen molar-refractivity contribution >= 4 is 46.9 Å². The molecule has 15 nitrogen and oxygen atoms in total. The van der Waals surface area contributed by atoms with Gasteiger partial charge in [-0.1, -0.05) is 74.0 Å². The molecule has 1 aliphatic heterocycles. The number of amides is 1. The van der Waals surface area contributed by atoms with E-state index in [1.807, 2.05) is 20.8 Å². The zero-order valence-electron chi connectivity index (χ0n) is 36.8. The summed E-state index contributed by atoms with van der Waals surface area (Å²) in [5.41, 5.74) is -1.71. The molecule has 18 heteroatoms. The van der Waals surface area contributed by atoms with Gasteiger partial charge in [0.05, 0.1) is 95.0 Å². The molecule has 64 heavy (non-hydrogen) atoms. The average Bonchev–Trinajstić information content (AvgIpc) is 3.39. The van der Waals surface area contributed by atoms with Gasteiger partial charge >= 0.3 is 12.1 Å². The smallest absolute Gasteiger partial charge is 0.495 e. The maximum absolute atomic E-state index is 16.1. The van der Waals surface area contributed by atoms with Crippen molar-refractivity contribution in [3.05, 3.63) is 81.6 Å². The Labute approximate surface area is 383 Å². The minimum atomic E-state index is -1.62. The minimum absolute atomic E-state index is 0.0138. The van der Waals surface area contributed by atoms with Gasteiger partial charge in [0.15, 0.2) is 0 Å². The maximum atomic E-state index is 16.1. The van der Waals surface area contributed by atoms with Crippen LogP contribution in [0.3, 0.4) is 0 Å². The zero-order valence-corrected chi connectivity index (χ0v) is 38.4. The second kappa shape index (κ2) is 25.7. The lowest BCUT2D eigenvalue weighted by Crippen LogP contribution is -2.47. The SMILES string of the molecule is COCCOCCOCCOCCOCCOC(=O)OC(C)OC(=O)c1ccc(NC(=O)[C@@H]2NC(CC(C)(C)C)[C@](C#N)(c3ccc(Cl)cc3F)C2C2C#CC(Cl)=CC=C2)c(OC)c1. The molecule has 1 aliphatic carbocycles. The molecule has 6 atom stereocenters. The van der Waals surface area contributed by atoms with Gasteiger partial charge in [-0.2, -0.15) is 5.26 Å². The van der Waals surface area contributed by atoms with Gasteiger partial charge in [0.1, 0.15) is 23.6 Å². The third kappa shape index (κ3) is 15.2. The van der Waals surface area contributed by atoms with E-state index in [-0.39, 0.29) is 57.9 Å². The van der Waals surface area contributed by atoms with Crippen LogP contribution in [-0.2, 0) is 48.1 Å². The fraction of sp³-hybridized carbons (Fsp3) is 0.522. The highest BCUT2D eigenvalue weighted by Gasteiger charge is 2.61. The largest absolute Gasteiger partial charge is 0.511 e. The first-order chi connectivity index (χ1) is 30.6. The summed E-state index contributed by atoms with van der Waals surface area (Å²) in [5.74, 6) is 2.27. The molecule has 0 radical (unpaired) electrons. The molecule has 0 bridgehead atoms. The number of ether oxygens (including phenoxy) is 9. The molecule has 2 aliphatic rings. The molecule has 1 amide bonds. The molecule has 0 saturated carbocycles. The van der Waals surface area contributed by atoms with E-state index in [0.29, 0.717) is 52.7 Å². The highest BCUT2D eigenvalue weighted by atomic mass is 35.5. The van der Waals surface area contributed by atoms with Crippen LogP contribution in [0.25, 0.3) is 0 Å². The molecule has 2 aromatic rings. The van der Waals surface area contributed by atoms with Crippen LogP contribution in [0.15, 0.2) is 59.7 Å². The molecule has 4 unspecified atom stereocenters. The van der Waals surface area contributed by atoms with Crippen LogP contribution in [0, 0.1) is 46.2 Å². The highest BCUT2D eigenvalue weighted by Crippen LogP contribution is 2.51. The predicted octanol–water partition coefficient (Wildman–Crippen LogP) is 6.96. The van der Waals surface area contributed by atoms with Gasteiger partial charge in [0, 0.05) is 42.5 Å².